The molecule has 0 aliphatic carbocycles. The van der Waals surface area contributed by atoms with E-state index >= 15 is 0 Å². The van der Waals surface area contributed by atoms with Gasteiger partial charge in [-0.3, -0.25) is 0 Å². The van der Waals surface area contributed by atoms with Crippen LogP contribution in [-0.4, -0.2) is 47.6 Å². The van der Waals surface area contributed by atoms with E-state index in [1.807, 2.05) is 0 Å². The molecule has 0 amide bonds. The highest BCUT2D eigenvalue weighted by atomic mass is 32.2. The molecule has 2 rings (SSSR count). The summed E-state index contributed by atoms with van der Waals surface area (Å²) in [6, 6.07) is 2.32. The Morgan fingerprint density at radius 2 is 1.69 bits per heavy atom. The van der Waals surface area contributed by atoms with Gasteiger partial charge in [0.2, 0.25) is 0 Å². The second-order valence-electron chi connectivity index (χ2n) is 5.48. The van der Waals surface area contributed by atoms with Gasteiger partial charge < -0.3 is 10.2 Å². The zero-order valence-corrected chi connectivity index (χ0v) is 11.6. The molecule has 0 atom stereocenters. The Balaban J connectivity index is 1.71. The summed E-state index contributed by atoms with van der Waals surface area (Å²) in [7, 11) is 0. The topological polar surface area (TPSA) is 15.3 Å². The van der Waals surface area contributed by atoms with Gasteiger partial charge in [0.25, 0.3) is 0 Å². The van der Waals surface area contributed by atoms with E-state index in [0.29, 0.717) is 6.04 Å². The van der Waals surface area contributed by atoms with Crippen LogP contribution in [0.25, 0.3) is 0 Å². The van der Waals surface area contributed by atoms with Crippen LogP contribution < -0.4 is 5.32 Å². The molecule has 2 saturated heterocycles. The number of nitrogens with zero attached hydrogens (tertiary/aromatic N) is 1. The standard InChI is InChI=1S/C13H26N2S/c1-11(2)14-12-3-7-15(8-4-12)13-5-9-16-10-6-13/h11-14H,3-10H2,1-2H3. The fraction of sp³-hybridized carbons (Fsp3) is 1.00. The second-order valence-corrected chi connectivity index (χ2v) is 6.70. The van der Waals surface area contributed by atoms with Crippen molar-refractivity contribution < 1.29 is 0 Å². The Kier molecular flexibility index (Phi) is 4.98. The number of thioether (sulfide) groups is 1. The van der Waals surface area contributed by atoms with Crippen LogP contribution in [0.4, 0.5) is 0 Å². The summed E-state index contributed by atoms with van der Waals surface area (Å²) >= 11 is 2.13. The van der Waals surface area contributed by atoms with Gasteiger partial charge >= 0.3 is 0 Å². The van der Waals surface area contributed by atoms with E-state index < -0.39 is 0 Å². The van der Waals surface area contributed by atoms with Crippen LogP contribution in [-0.2, 0) is 0 Å². The first-order valence-electron chi connectivity index (χ1n) is 6.83. The van der Waals surface area contributed by atoms with E-state index in [2.05, 4.69) is 35.8 Å². The Morgan fingerprint density at radius 1 is 1.06 bits per heavy atom. The highest BCUT2D eigenvalue weighted by molar-refractivity contribution is 7.99. The molecule has 2 fully saturated rings. The average molecular weight is 242 g/mol. The van der Waals surface area contributed by atoms with Gasteiger partial charge in [-0.25, -0.2) is 0 Å². The second kappa shape index (κ2) is 6.27. The van der Waals surface area contributed by atoms with Gasteiger partial charge in [-0.1, -0.05) is 13.8 Å². The first kappa shape index (κ1) is 12.7. The van der Waals surface area contributed by atoms with Gasteiger partial charge in [-0.05, 0) is 50.3 Å². The lowest BCUT2D eigenvalue weighted by atomic mass is 10.0. The Bertz CT molecular complexity index is 194. The molecule has 0 unspecified atom stereocenters. The smallest absolute Gasteiger partial charge is 0.0111 e. The lowest BCUT2D eigenvalue weighted by Gasteiger charge is -2.39. The van der Waals surface area contributed by atoms with Crippen molar-refractivity contribution in [2.24, 2.45) is 0 Å². The predicted octanol–water partition coefficient (Wildman–Crippen LogP) is 2.34. The van der Waals surface area contributed by atoms with E-state index in [0.717, 1.165) is 12.1 Å². The van der Waals surface area contributed by atoms with Gasteiger partial charge in [0.05, 0.1) is 0 Å². The number of piperidine rings is 1. The molecule has 3 heteroatoms. The minimum atomic E-state index is 0.641. The molecule has 16 heavy (non-hydrogen) atoms. The average Bonchev–Trinajstić information content (AvgIpc) is 2.30. The molecular formula is C13H26N2S. The van der Waals surface area contributed by atoms with Crippen LogP contribution in [0.3, 0.4) is 0 Å². The summed E-state index contributed by atoms with van der Waals surface area (Å²) < 4.78 is 0. The van der Waals surface area contributed by atoms with E-state index in [-0.39, 0.29) is 0 Å². The van der Waals surface area contributed by atoms with Crippen molar-refractivity contribution in [1.82, 2.24) is 10.2 Å². The molecule has 0 bridgehead atoms. The molecule has 0 aromatic carbocycles. The number of hydrogen-bond acceptors (Lipinski definition) is 3. The molecule has 2 heterocycles. The first-order valence-corrected chi connectivity index (χ1v) is 7.99. The van der Waals surface area contributed by atoms with Crippen molar-refractivity contribution in [2.45, 2.75) is 57.7 Å². The van der Waals surface area contributed by atoms with Gasteiger partial charge in [-0.15, -0.1) is 0 Å². The van der Waals surface area contributed by atoms with Crippen molar-refractivity contribution in [3.05, 3.63) is 0 Å². The normalized spacial score (nSPS) is 26.4. The largest absolute Gasteiger partial charge is 0.312 e. The third-order valence-corrected chi connectivity index (χ3v) is 4.85. The van der Waals surface area contributed by atoms with Crippen LogP contribution >= 0.6 is 11.8 Å². The van der Waals surface area contributed by atoms with Crippen LogP contribution in [0.5, 0.6) is 0 Å². The fourth-order valence-corrected chi connectivity index (χ4v) is 4.03. The molecule has 0 saturated carbocycles. The molecule has 1 N–H and O–H groups in total. The minimum absolute atomic E-state index is 0.641. The van der Waals surface area contributed by atoms with Gasteiger partial charge in [0.1, 0.15) is 0 Å². The Hall–Kier alpha value is 0.270. The Labute approximate surface area is 105 Å². The predicted molar refractivity (Wildman–Crippen MR) is 73.2 cm³/mol. The number of rotatable bonds is 3. The fourth-order valence-electron chi connectivity index (χ4n) is 2.95. The van der Waals surface area contributed by atoms with Crippen LogP contribution in [0, 0.1) is 0 Å². The van der Waals surface area contributed by atoms with Crippen molar-refractivity contribution >= 4 is 11.8 Å². The van der Waals surface area contributed by atoms with Crippen LogP contribution in [0.1, 0.15) is 39.5 Å². The summed E-state index contributed by atoms with van der Waals surface area (Å²) in [5.41, 5.74) is 0. The van der Waals surface area contributed by atoms with E-state index in [1.165, 1.54) is 50.3 Å². The molecule has 0 aromatic rings. The van der Waals surface area contributed by atoms with Crippen LogP contribution in [0.15, 0.2) is 0 Å². The first-order chi connectivity index (χ1) is 7.75. The number of hydrogen-bond donors (Lipinski definition) is 1. The summed E-state index contributed by atoms with van der Waals surface area (Å²) in [6.07, 6.45) is 5.55. The van der Waals surface area contributed by atoms with Crippen LogP contribution in [0.2, 0.25) is 0 Å². The third kappa shape index (κ3) is 3.64. The highest BCUT2D eigenvalue weighted by Crippen LogP contribution is 2.24. The van der Waals surface area contributed by atoms with Crippen molar-refractivity contribution in [1.29, 1.82) is 0 Å². The SMILES string of the molecule is CC(C)NC1CCN(C2CCSCC2)CC1. The summed E-state index contributed by atoms with van der Waals surface area (Å²) in [4.78, 5) is 2.75. The lowest BCUT2D eigenvalue weighted by Crippen LogP contribution is -2.48. The quantitative estimate of drug-likeness (QED) is 0.818. The molecule has 2 aliphatic heterocycles. The monoisotopic (exact) mass is 242 g/mol. The number of likely N-dealkylation sites (tertiary alicyclic amines) is 1. The zero-order valence-electron chi connectivity index (χ0n) is 10.7. The Morgan fingerprint density at radius 3 is 2.25 bits per heavy atom. The van der Waals surface area contributed by atoms with E-state index in [9.17, 15) is 0 Å². The van der Waals surface area contributed by atoms with Gasteiger partial charge in [0, 0.05) is 18.1 Å². The third-order valence-electron chi connectivity index (χ3n) is 3.81. The maximum atomic E-state index is 3.67. The zero-order chi connectivity index (χ0) is 11.4. The maximum Gasteiger partial charge on any atom is 0.0111 e. The summed E-state index contributed by atoms with van der Waals surface area (Å²) in [5.74, 6) is 2.77. The molecule has 0 aromatic heterocycles. The molecule has 0 spiro atoms. The van der Waals surface area contributed by atoms with E-state index in [4.69, 9.17) is 0 Å². The summed E-state index contributed by atoms with van der Waals surface area (Å²) in [5, 5.41) is 3.67. The van der Waals surface area contributed by atoms with Gasteiger partial charge in [-0.2, -0.15) is 11.8 Å². The molecular weight excluding hydrogens is 216 g/mol. The molecule has 2 aliphatic rings. The van der Waals surface area contributed by atoms with Gasteiger partial charge in [0.15, 0.2) is 0 Å². The number of nitrogens with one attached hydrogen (secondary N) is 1. The van der Waals surface area contributed by atoms with E-state index in [1.54, 1.807) is 0 Å². The molecule has 0 radical (unpaired) electrons. The van der Waals surface area contributed by atoms with Crippen molar-refractivity contribution in [3.63, 3.8) is 0 Å². The van der Waals surface area contributed by atoms with Crippen molar-refractivity contribution in [3.8, 4) is 0 Å². The minimum Gasteiger partial charge on any atom is -0.312 e. The highest BCUT2D eigenvalue weighted by Gasteiger charge is 2.26. The summed E-state index contributed by atoms with van der Waals surface area (Å²) in [6.45, 7) is 7.15. The maximum absolute atomic E-state index is 3.67. The van der Waals surface area contributed by atoms with Crippen molar-refractivity contribution in [2.75, 3.05) is 24.6 Å². The molecule has 94 valence electrons. The molecule has 2 nitrogen and oxygen atoms in total. The lowest BCUT2D eigenvalue weighted by molar-refractivity contribution is 0.133.